The van der Waals surface area contributed by atoms with E-state index in [1.54, 1.807) is 0 Å². The molecule has 4 unspecified atom stereocenters. The lowest BCUT2D eigenvalue weighted by molar-refractivity contribution is -0.131. The second-order valence-corrected chi connectivity index (χ2v) is 6.15. The van der Waals surface area contributed by atoms with Crippen LogP contribution in [0.25, 0.3) is 0 Å². The number of hydrogen-bond donors (Lipinski definition) is 2. The van der Waals surface area contributed by atoms with Crippen molar-refractivity contribution in [1.29, 1.82) is 0 Å². The van der Waals surface area contributed by atoms with Gasteiger partial charge in [0.25, 0.3) is 0 Å². The Hall–Kier alpha value is -0.610. The molecule has 2 rings (SSSR count). The lowest BCUT2D eigenvalue weighted by atomic mass is 9.81. The zero-order chi connectivity index (χ0) is 13.2. The van der Waals surface area contributed by atoms with E-state index in [2.05, 4.69) is 12.2 Å². The molecule has 0 aromatic carbocycles. The van der Waals surface area contributed by atoms with E-state index in [1.165, 1.54) is 19.3 Å². The number of ether oxygens (including phenoxy) is 1. The summed E-state index contributed by atoms with van der Waals surface area (Å²) in [6.07, 6.45) is 5.97. The molecule has 104 valence electrons. The Balaban J connectivity index is 1.91. The fourth-order valence-corrected chi connectivity index (χ4v) is 3.07. The minimum Gasteiger partial charge on any atom is -0.379 e. The van der Waals surface area contributed by atoms with Crippen molar-refractivity contribution in [2.24, 2.45) is 17.1 Å². The number of carbonyl (C=O) groups is 1. The molecule has 1 amide bonds. The van der Waals surface area contributed by atoms with Gasteiger partial charge in [-0.05, 0) is 25.7 Å². The van der Waals surface area contributed by atoms with E-state index in [4.69, 9.17) is 10.5 Å². The van der Waals surface area contributed by atoms with Crippen LogP contribution in [0.15, 0.2) is 0 Å². The van der Waals surface area contributed by atoms with E-state index in [0.29, 0.717) is 19.3 Å². The van der Waals surface area contributed by atoms with Gasteiger partial charge >= 0.3 is 0 Å². The number of hydrogen-bond acceptors (Lipinski definition) is 3. The van der Waals surface area contributed by atoms with Crippen LogP contribution in [0.1, 0.15) is 46.0 Å². The molecule has 2 fully saturated rings. The Morgan fingerprint density at radius 3 is 2.89 bits per heavy atom. The van der Waals surface area contributed by atoms with Crippen LogP contribution in [-0.2, 0) is 9.53 Å². The van der Waals surface area contributed by atoms with Crippen molar-refractivity contribution < 1.29 is 9.53 Å². The average molecular weight is 254 g/mol. The predicted octanol–water partition coefficient (Wildman–Crippen LogP) is 1.44. The maximum Gasteiger partial charge on any atom is 0.230 e. The summed E-state index contributed by atoms with van der Waals surface area (Å²) in [5.74, 6) is 0.847. The molecule has 4 heteroatoms. The third-order valence-electron chi connectivity index (χ3n) is 4.73. The largest absolute Gasteiger partial charge is 0.379 e. The van der Waals surface area contributed by atoms with Crippen molar-refractivity contribution in [3.8, 4) is 0 Å². The molecule has 0 bridgehead atoms. The molecular formula is C14H26N2O2. The van der Waals surface area contributed by atoms with Crippen LogP contribution in [0.2, 0.25) is 0 Å². The number of rotatable bonds is 3. The summed E-state index contributed by atoms with van der Waals surface area (Å²) in [4.78, 5) is 12.4. The number of nitrogens with two attached hydrogens (primary N) is 1. The number of carbonyl (C=O) groups excluding carboxylic acids is 1. The van der Waals surface area contributed by atoms with E-state index >= 15 is 0 Å². The summed E-state index contributed by atoms with van der Waals surface area (Å²) in [6, 6.07) is 0.156. The molecule has 0 radical (unpaired) electrons. The summed E-state index contributed by atoms with van der Waals surface area (Å²) in [7, 11) is 0. The topological polar surface area (TPSA) is 64.3 Å². The van der Waals surface area contributed by atoms with Crippen molar-refractivity contribution in [1.82, 2.24) is 5.32 Å². The first kappa shape index (κ1) is 13.8. The van der Waals surface area contributed by atoms with Gasteiger partial charge in [-0.15, -0.1) is 0 Å². The summed E-state index contributed by atoms with van der Waals surface area (Å²) >= 11 is 0. The quantitative estimate of drug-likeness (QED) is 0.801. The van der Waals surface area contributed by atoms with E-state index < -0.39 is 5.41 Å². The summed E-state index contributed by atoms with van der Waals surface area (Å²) in [6.45, 7) is 5.09. The minimum atomic E-state index is -0.543. The van der Waals surface area contributed by atoms with Gasteiger partial charge < -0.3 is 15.8 Å². The molecule has 0 aromatic rings. The van der Waals surface area contributed by atoms with Crippen molar-refractivity contribution in [3.05, 3.63) is 0 Å². The van der Waals surface area contributed by atoms with Crippen molar-refractivity contribution >= 4 is 5.91 Å². The standard InChI is InChI=1S/C14H26N2O2/c1-3-10-5-4-6-11(7-10)16-13(17)14(2)9-18-8-12(14)15/h10-12H,3-9,15H2,1-2H3,(H,16,17). The van der Waals surface area contributed by atoms with Crippen LogP contribution in [0.3, 0.4) is 0 Å². The molecule has 1 saturated carbocycles. The van der Waals surface area contributed by atoms with Gasteiger partial charge in [0.15, 0.2) is 0 Å². The Morgan fingerprint density at radius 1 is 1.50 bits per heavy atom. The van der Waals surface area contributed by atoms with Crippen LogP contribution < -0.4 is 11.1 Å². The molecule has 1 heterocycles. The van der Waals surface area contributed by atoms with Gasteiger partial charge in [0.2, 0.25) is 5.91 Å². The second-order valence-electron chi connectivity index (χ2n) is 6.15. The third-order valence-corrected chi connectivity index (χ3v) is 4.73. The van der Waals surface area contributed by atoms with Gasteiger partial charge in [0.1, 0.15) is 0 Å². The minimum absolute atomic E-state index is 0.0780. The van der Waals surface area contributed by atoms with E-state index in [-0.39, 0.29) is 11.9 Å². The lowest BCUT2D eigenvalue weighted by Crippen LogP contribution is -2.53. The number of nitrogens with one attached hydrogen (secondary N) is 1. The second kappa shape index (κ2) is 5.57. The zero-order valence-corrected chi connectivity index (χ0v) is 11.6. The van der Waals surface area contributed by atoms with E-state index in [0.717, 1.165) is 18.8 Å². The lowest BCUT2D eigenvalue weighted by Gasteiger charge is -2.33. The van der Waals surface area contributed by atoms with Gasteiger partial charge in [-0.25, -0.2) is 0 Å². The Kier molecular flexibility index (Phi) is 4.28. The van der Waals surface area contributed by atoms with Gasteiger partial charge in [-0.1, -0.05) is 26.2 Å². The van der Waals surface area contributed by atoms with Crippen molar-refractivity contribution in [2.45, 2.75) is 58.0 Å². The summed E-state index contributed by atoms with van der Waals surface area (Å²) in [5.41, 5.74) is 5.44. The average Bonchev–Trinajstić information content (AvgIpc) is 2.71. The number of amides is 1. The highest BCUT2D eigenvalue weighted by molar-refractivity contribution is 5.83. The van der Waals surface area contributed by atoms with Gasteiger partial charge in [-0.3, -0.25) is 4.79 Å². The van der Waals surface area contributed by atoms with Crippen molar-refractivity contribution in [2.75, 3.05) is 13.2 Å². The van der Waals surface area contributed by atoms with Gasteiger partial charge in [0.05, 0.1) is 18.6 Å². The molecule has 0 aromatic heterocycles. The Bertz CT molecular complexity index is 308. The molecule has 3 N–H and O–H groups in total. The molecule has 18 heavy (non-hydrogen) atoms. The monoisotopic (exact) mass is 254 g/mol. The maximum absolute atomic E-state index is 12.4. The van der Waals surface area contributed by atoms with Crippen molar-refractivity contribution in [3.63, 3.8) is 0 Å². The first-order valence-corrected chi connectivity index (χ1v) is 7.20. The SMILES string of the molecule is CCC1CCCC(NC(=O)C2(C)COCC2N)C1. The normalized spacial score (nSPS) is 40.7. The maximum atomic E-state index is 12.4. The highest BCUT2D eigenvalue weighted by Crippen LogP contribution is 2.30. The van der Waals surface area contributed by atoms with Crippen LogP contribution >= 0.6 is 0 Å². The highest BCUT2D eigenvalue weighted by atomic mass is 16.5. The van der Waals surface area contributed by atoms with Crippen LogP contribution in [0, 0.1) is 11.3 Å². The Labute approximate surface area is 110 Å². The summed E-state index contributed by atoms with van der Waals surface area (Å²) < 4.78 is 5.34. The summed E-state index contributed by atoms with van der Waals surface area (Å²) in [5, 5.41) is 3.20. The molecule has 1 aliphatic heterocycles. The zero-order valence-electron chi connectivity index (χ0n) is 11.6. The first-order valence-electron chi connectivity index (χ1n) is 7.20. The first-order chi connectivity index (χ1) is 8.56. The molecule has 1 aliphatic carbocycles. The molecule has 4 atom stereocenters. The molecule has 4 nitrogen and oxygen atoms in total. The van der Waals surface area contributed by atoms with E-state index in [1.807, 2.05) is 6.92 Å². The molecule has 0 spiro atoms. The predicted molar refractivity (Wildman–Crippen MR) is 71.1 cm³/mol. The third kappa shape index (κ3) is 2.69. The fraction of sp³-hybridized carbons (Fsp3) is 0.929. The van der Waals surface area contributed by atoms with E-state index in [9.17, 15) is 4.79 Å². The van der Waals surface area contributed by atoms with Crippen LogP contribution in [-0.4, -0.2) is 31.2 Å². The smallest absolute Gasteiger partial charge is 0.230 e. The molecule has 1 saturated heterocycles. The van der Waals surface area contributed by atoms with Crippen LogP contribution in [0.4, 0.5) is 0 Å². The van der Waals surface area contributed by atoms with Crippen LogP contribution in [0.5, 0.6) is 0 Å². The molecule has 2 aliphatic rings. The van der Waals surface area contributed by atoms with Gasteiger partial charge in [-0.2, -0.15) is 0 Å². The highest BCUT2D eigenvalue weighted by Gasteiger charge is 2.45. The Morgan fingerprint density at radius 2 is 2.28 bits per heavy atom. The fourth-order valence-electron chi connectivity index (χ4n) is 3.07. The van der Waals surface area contributed by atoms with Gasteiger partial charge in [0, 0.05) is 12.1 Å². The molecular weight excluding hydrogens is 228 g/mol.